The molecular weight excluding hydrogens is 445 g/mol. The first kappa shape index (κ1) is 21.1. The monoisotopic (exact) mass is 465 g/mol. The van der Waals surface area contributed by atoms with Crippen LogP contribution in [0.25, 0.3) is 10.6 Å². The molecule has 0 spiro atoms. The molecule has 0 unspecified atom stereocenters. The molecule has 4 rings (SSSR count). The fourth-order valence-electron chi connectivity index (χ4n) is 3.41. The Morgan fingerprint density at radius 3 is 2.73 bits per heavy atom. The van der Waals surface area contributed by atoms with Crippen LogP contribution in [0.4, 0.5) is 4.39 Å². The number of halogens is 1. The summed E-state index contributed by atoms with van der Waals surface area (Å²) in [5.74, 6) is -0.828. The van der Waals surface area contributed by atoms with Crippen molar-refractivity contribution >= 4 is 38.6 Å². The molecule has 1 atom stereocenters. The largest absolute Gasteiger partial charge is 0.350 e. The number of thiophene rings is 1. The average Bonchev–Trinajstić information content (AvgIpc) is 3.47. The van der Waals surface area contributed by atoms with E-state index in [9.17, 15) is 17.6 Å². The molecule has 158 valence electrons. The van der Waals surface area contributed by atoms with Crippen molar-refractivity contribution in [2.45, 2.75) is 37.2 Å². The van der Waals surface area contributed by atoms with Crippen LogP contribution in [-0.2, 0) is 21.4 Å². The van der Waals surface area contributed by atoms with Crippen LogP contribution in [0.15, 0.2) is 46.7 Å². The molecule has 1 aliphatic heterocycles. The molecule has 0 aliphatic carbocycles. The average molecular weight is 466 g/mol. The first-order valence-corrected chi connectivity index (χ1v) is 12.5. The fraction of sp³-hybridized carbons (Fsp3) is 0.300. The second kappa shape index (κ2) is 8.54. The van der Waals surface area contributed by atoms with E-state index in [0.29, 0.717) is 19.4 Å². The van der Waals surface area contributed by atoms with Gasteiger partial charge in [-0.05, 0) is 56.2 Å². The van der Waals surface area contributed by atoms with E-state index in [1.54, 1.807) is 22.7 Å². The third kappa shape index (κ3) is 4.31. The molecule has 1 aromatic carbocycles. The minimum absolute atomic E-state index is 0.00921. The number of carbonyl (C=O) groups excluding carboxylic acids is 1. The molecule has 0 saturated carbocycles. The van der Waals surface area contributed by atoms with Crippen LogP contribution >= 0.6 is 22.7 Å². The van der Waals surface area contributed by atoms with E-state index in [4.69, 9.17) is 0 Å². The topological polar surface area (TPSA) is 79.4 Å². The molecule has 1 N–H and O–H groups in total. The number of nitrogens with one attached hydrogen (secondary N) is 1. The van der Waals surface area contributed by atoms with E-state index in [0.717, 1.165) is 32.6 Å². The van der Waals surface area contributed by atoms with Crippen molar-refractivity contribution in [2.24, 2.45) is 0 Å². The Bertz CT molecular complexity index is 1160. The molecule has 1 amide bonds. The number of rotatable bonds is 6. The first-order chi connectivity index (χ1) is 14.3. The normalized spacial score (nSPS) is 17.3. The maximum absolute atomic E-state index is 13.2. The van der Waals surface area contributed by atoms with Crippen molar-refractivity contribution in [1.82, 2.24) is 14.6 Å². The summed E-state index contributed by atoms with van der Waals surface area (Å²) in [5.41, 5.74) is 0.924. The minimum atomic E-state index is -3.86. The Kier molecular flexibility index (Phi) is 6.01. The Labute approximate surface area is 182 Å². The molecular formula is C20H20FN3O3S3. The zero-order chi connectivity index (χ0) is 21.3. The lowest BCUT2D eigenvalue weighted by molar-refractivity contribution is -0.124. The number of amides is 1. The lowest BCUT2D eigenvalue weighted by Gasteiger charge is -2.23. The Balaban J connectivity index is 1.43. The summed E-state index contributed by atoms with van der Waals surface area (Å²) in [5, 5.41) is 5.86. The highest BCUT2D eigenvalue weighted by molar-refractivity contribution is 7.89. The summed E-state index contributed by atoms with van der Waals surface area (Å²) in [4.78, 5) is 19.2. The zero-order valence-corrected chi connectivity index (χ0v) is 18.6. The van der Waals surface area contributed by atoms with Crippen molar-refractivity contribution in [2.75, 3.05) is 6.54 Å². The summed E-state index contributed by atoms with van der Waals surface area (Å²) in [6.45, 7) is 2.55. The predicted octanol–water partition coefficient (Wildman–Crippen LogP) is 3.79. The lowest BCUT2D eigenvalue weighted by Crippen LogP contribution is -2.45. The fourth-order valence-corrected chi connectivity index (χ4v) is 6.66. The van der Waals surface area contributed by atoms with Gasteiger partial charge in [0.2, 0.25) is 15.9 Å². The maximum Gasteiger partial charge on any atom is 0.243 e. The number of aromatic nitrogens is 1. The number of sulfonamides is 1. The minimum Gasteiger partial charge on any atom is -0.350 e. The molecule has 1 fully saturated rings. The van der Waals surface area contributed by atoms with E-state index in [-0.39, 0.29) is 17.3 Å². The molecule has 0 bridgehead atoms. The standard InChI is InChI=1S/C20H20FN3O3S3/c1-13-23-17(12-28-13)19-9-6-15(29-19)11-22-20(25)18-3-2-10-24(18)30(26,27)16-7-4-14(21)5-8-16/h4-9,12,18H,2-3,10-11H2,1H3,(H,22,25)/t18-/m0/s1. The summed E-state index contributed by atoms with van der Waals surface area (Å²) < 4.78 is 40.2. The first-order valence-electron chi connectivity index (χ1n) is 9.41. The molecule has 3 aromatic rings. The molecule has 30 heavy (non-hydrogen) atoms. The molecule has 0 radical (unpaired) electrons. The number of thiazole rings is 1. The number of hydrogen-bond acceptors (Lipinski definition) is 6. The summed E-state index contributed by atoms with van der Waals surface area (Å²) in [6.07, 6.45) is 1.06. The summed E-state index contributed by atoms with van der Waals surface area (Å²) in [7, 11) is -3.86. The van der Waals surface area contributed by atoms with Crippen molar-refractivity contribution in [1.29, 1.82) is 0 Å². The number of aryl methyl sites for hydroxylation is 1. The van der Waals surface area contributed by atoms with Crippen LogP contribution in [0.3, 0.4) is 0 Å². The van der Waals surface area contributed by atoms with E-state index >= 15 is 0 Å². The predicted molar refractivity (Wildman–Crippen MR) is 115 cm³/mol. The highest BCUT2D eigenvalue weighted by Crippen LogP contribution is 2.30. The van der Waals surface area contributed by atoms with Crippen LogP contribution in [0.5, 0.6) is 0 Å². The second-order valence-corrected chi connectivity index (χ2v) is 11.1. The van der Waals surface area contributed by atoms with Gasteiger partial charge in [0.15, 0.2) is 0 Å². The van der Waals surface area contributed by atoms with Gasteiger partial charge in [-0.15, -0.1) is 22.7 Å². The summed E-state index contributed by atoms with van der Waals surface area (Å²) in [6, 6.07) is 7.82. The Morgan fingerprint density at radius 1 is 1.27 bits per heavy atom. The van der Waals surface area contributed by atoms with Gasteiger partial charge in [-0.3, -0.25) is 4.79 Å². The van der Waals surface area contributed by atoms with Gasteiger partial charge in [-0.1, -0.05) is 0 Å². The molecule has 10 heteroatoms. The van der Waals surface area contributed by atoms with Crippen LogP contribution in [0.1, 0.15) is 22.7 Å². The van der Waals surface area contributed by atoms with Gasteiger partial charge >= 0.3 is 0 Å². The Morgan fingerprint density at radius 2 is 2.03 bits per heavy atom. The quantitative estimate of drug-likeness (QED) is 0.601. The van der Waals surface area contributed by atoms with E-state index in [1.165, 1.54) is 16.4 Å². The van der Waals surface area contributed by atoms with Gasteiger partial charge in [-0.2, -0.15) is 4.31 Å². The van der Waals surface area contributed by atoms with Gasteiger partial charge in [0.1, 0.15) is 11.9 Å². The van der Waals surface area contributed by atoms with Crippen LogP contribution in [0.2, 0.25) is 0 Å². The highest BCUT2D eigenvalue weighted by Gasteiger charge is 2.39. The molecule has 6 nitrogen and oxygen atoms in total. The van der Waals surface area contributed by atoms with Crippen molar-refractivity contribution in [3.63, 3.8) is 0 Å². The Hall–Kier alpha value is -2.14. The number of nitrogens with zero attached hydrogens (tertiary/aromatic N) is 2. The number of hydrogen-bond donors (Lipinski definition) is 1. The third-order valence-electron chi connectivity index (χ3n) is 4.90. The van der Waals surface area contributed by atoms with Gasteiger partial charge in [0, 0.05) is 16.8 Å². The molecule has 1 aliphatic rings. The smallest absolute Gasteiger partial charge is 0.243 e. The lowest BCUT2D eigenvalue weighted by atomic mass is 10.2. The van der Waals surface area contributed by atoms with Crippen molar-refractivity contribution < 1.29 is 17.6 Å². The number of carbonyl (C=O) groups is 1. The third-order valence-corrected chi connectivity index (χ3v) is 8.70. The number of benzene rings is 1. The second-order valence-electron chi connectivity index (χ2n) is 6.96. The SMILES string of the molecule is Cc1nc(-c2ccc(CNC(=O)[C@@H]3CCCN3S(=O)(=O)c3ccc(F)cc3)s2)cs1. The highest BCUT2D eigenvalue weighted by atomic mass is 32.2. The van der Waals surface area contributed by atoms with Crippen LogP contribution in [0, 0.1) is 12.7 Å². The van der Waals surface area contributed by atoms with Gasteiger partial charge < -0.3 is 5.32 Å². The summed E-state index contributed by atoms with van der Waals surface area (Å²) >= 11 is 3.14. The van der Waals surface area contributed by atoms with E-state index in [2.05, 4.69) is 10.3 Å². The van der Waals surface area contributed by atoms with E-state index in [1.807, 2.05) is 24.4 Å². The maximum atomic E-state index is 13.2. The molecule has 2 aromatic heterocycles. The molecule has 1 saturated heterocycles. The van der Waals surface area contributed by atoms with Crippen LogP contribution in [-0.4, -0.2) is 36.2 Å². The van der Waals surface area contributed by atoms with Gasteiger partial charge in [0.05, 0.1) is 27.0 Å². The van der Waals surface area contributed by atoms with Crippen LogP contribution < -0.4 is 5.32 Å². The van der Waals surface area contributed by atoms with Gasteiger partial charge in [-0.25, -0.2) is 17.8 Å². The van der Waals surface area contributed by atoms with Crippen molar-refractivity contribution in [3.05, 3.63) is 57.5 Å². The molecule has 3 heterocycles. The zero-order valence-electron chi connectivity index (χ0n) is 16.2. The van der Waals surface area contributed by atoms with E-state index < -0.39 is 21.9 Å². The van der Waals surface area contributed by atoms with Crippen molar-refractivity contribution in [3.8, 4) is 10.6 Å². The van der Waals surface area contributed by atoms with Gasteiger partial charge in [0.25, 0.3) is 0 Å².